The first kappa shape index (κ1) is 15.3. The fourth-order valence-electron chi connectivity index (χ4n) is 2.38. The number of nitrogens with one attached hydrogen (secondary N) is 1. The normalized spacial score (nSPS) is 25.2. The highest BCUT2D eigenvalue weighted by atomic mass is 32.2. The van der Waals surface area contributed by atoms with Crippen molar-refractivity contribution in [1.82, 2.24) is 10.2 Å². The molecule has 0 aromatic rings. The molecule has 3 heteroatoms. The molecule has 0 spiro atoms. The largest absolute Gasteiger partial charge is 0.311 e. The minimum Gasteiger partial charge on any atom is -0.311 e. The van der Waals surface area contributed by atoms with Crippen LogP contribution < -0.4 is 5.32 Å². The van der Waals surface area contributed by atoms with Gasteiger partial charge in [-0.15, -0.1) is 0 Å². The maximum absolute atomic E-state index is 3.67. The quantitative estimate of drug-likeness (QED) is 0.835. The van der Waals surface area contributed by atoms with E-state index in [2.05, 4.69) is 63.5 Å². The third-order valence-electron chi connectivity index (χ3n) is 3.46. The highest BCUT2D eigenvalue weighted by Gasteiger charge is 2.28. The van der Waals surface area contributed by atoms with Gasteiger partial charge in [0.2, 0.25) is 0 Å². The fraction of sp³-hybridized carbons (Fsp3) is 1.00. The Morgan fingerprint density at radius 2 is 2.00 bits per heavy atom. The van der Waals surface area contributed by atoms with Crippen molar-refractivity contribution in [3.8, 4) is 0 Å². The van der Waals surface area contributed by atoms with Gasteiger partial charge in [0.05, 0.1) is 0 Å². The number of rotatable bonds is 4. The summed E-state index contributed by atoms with van der Waals surface area (Å²) in [5.74, 6) is 3.30. The smallest absolute Gasteiger partial charge is 0.0247 e. The van der Waals surface area contributed by atoms with E-state index >= 15 is 0 Å². The van der Waals surface area contributed by atoms with Gasteiger partial charge in [-0.3, -0.25) is 4.90 Å². The molecule has 1 aliphatic rings. The van der Waals surface area contributed by atoms with Gasteiger partial charge in [-0.05, 0) is 33.6 Å². The Morgan fingerprint density at radius 1 is 1.35 bits per heavy atom. The molecule has 1 rings (SSSR count). The van der Waals surface area contributed by atoms with Gasteiger partial charge in [-0.25, -0.2) is 0 Å². The molecule has 1 saturated heterocycles. The van der Waals surface area contributed by atoms with E-state index in [9.17, 15) is 0 Å². The van der Waals surface area contributed by atoms with Gasteiger partial charge in [0.25, 0.3) is 0 Å². The summed E-state index contributed by atoms with van der Waals surface area (Å²) in [6.07, 6.45) is 0. The lowest BCUT2D eigenvalue weighted by atomic mass is 9.99. The Labute approximate surface area is 112 Å². The SMILES string of the molecule is CC(C)C(CNC(C)(C)C)N1CCSCC1C. The standard InChI is InChI=1S/C14H30N2S/c1-11(2)13(9-15-14(4,5)6)16-7-8-17-10-12(16)3/h11-13,15H,7-10H2,1-6H3. The zero-order valence-corrected chi connectivity index (χ0v) is 13.2. The molecular formula is C14H30N2S. The van der Waals surface area contributed by atoms with E-state index in [1.165, 1.54) is 18.1 Å². The van der Waals surface area contributed by atoms with Crippen LogP contribution in [0.5, 0.6) is 0 Å². The van der Waals surface area contributed by atoms with E-state index < -0.39 is 0 Å². The third kappa shape index (κ3) is 5.19. The van der Waals surface area contributed by atoms with Gasteiger partial charge in [-0.2, -0.15) is 11.8 Å². The van der Waals surface area contributed by atoms with E-state index in [1.807, 2.05) is 0 Å². The molecule has 0 amide bonds. The van der Waals surface area contributed by atoms with Crippen molar-refractivity contribution in [2.45, 2.75) is 59.2 Å². The molecular weight excluding hydrogens is 228 g/mol. The van der Waals surface area contributed by atoms with E-state index in [1.54, 1.807) is 0 Å². The summed E-state index contributed by atoms with van der Waals surface area (Å²) in [7, 11) is 0. The van der Waals surface area contributed by atoms with Crippen LogP contribution in [0.2, 0.25) is 0 Å². The van der Waals surface area contributed by atoms with Crippen molar-refractivity contribution < 1.29 is 0 Å². The summed E-state index contributed by atoms with van der Waals surface area (Å²) >= 11 is 2.10. The maximum Gasteiger partial charge on any atom is 0.0247 e. The third-order valence-corrected chi connectivity index (χ3v) is 4.65. The summed E-state index contributed by atoms with van der Waals surface area (Å²) in [6, 6.07) is 1.40. The van der Waals surface area contributed by atoms with Gasteiger partial charge >= 0.3 is 0 Å². The van der Waals surface area contributed by atoms with Crippen LogP contribution in [-0.2, 0) is 0 Å². The lowest BCUT2D eigenvalue weighted by Gasteiger charge is -2.42. The minimum absolute atomic E-state index is 0.223. The number of thioether (sulfide) groups is 1. The van der Waals surface area contributed by atoms with Crippen LogP contribution in [0.25, 0.3) is 0 Å². The van der Waals surface area contributed by atoms with Crippen molar-refractivity contribution >= 4 is 11.8 Å². The predicted molar refractivity (Wildman–Crippen MR) is 79.9 cm³/mol. The molecule has 0 aromatic carbocycles. The molecule has 1 N–H and O–H groups in total. The van der Waals surface area contributed by atoms with Gasteiger partial charge in [0.1, 0.15) is 0 Å². The Hall–Kier alpha value is 0.270. The van der Waals surface area contributed by atoms with Crippen LogP contribution in [-0.4, -0.2) is 47.1 Å². The second-order valence-corrected chi connectivity index (χ2v) is 7.75. The van der Waals surface area contributed by atoms with Crippen LogP contribution in [0, 0.1) is 5.92 Å². The lowest BCUT2D eigenvalue weighted by Crippen LogP contribution is -2.55. The van der Waals surface area contributed by atoms with Gasteiger partial charge in [0, 0.05) is 42.2 Å². The number of nitrogens with zero attached hydrogens (tertiary/aromatic N) is 1. The van der Waals surface area contributed by atoms with Crippen LogP contribution in [0.3, 0.4) is 0 Å². The van der Waals surface area contributed by atoms with Crippen LogP contribution in [0.4, 0.5) is 0 Å². The molecule has 17 heavy (non-hydrogen) atoms. The van der Waals surface area contributed by atoms with Gasteiger partial charge in [-0.1, -0.05) is 13.8 Å². The first-order valence-electron chi connectivity index (χ1n) is 6.90. The van der Waals surface area contributed by atoms with Crippen molar-refractivity contribution in [3.63, 3.8) is 0 Å². The molecule has 1 fully saturated rings. The molecule has 0 radical (unpaired) electrons. The number of hydrogen-bond acceptors (Lipinski definition) is 3. The zero-order chi connectivity index (χ0) is 13.1. The Kier molecular flexibility index (Phi) is 5.81. The summed E-state index contributed by atoms with van der Waals surface area (Å²) in [4.78, 5) is 2.71. The average Bonchev–Trinajstić information content (AvgIpc) is 2.18. The van der Waals surface area contributed by atoms with Crippen LogP contribution in [0.1, 0.15) is 41.5 Å². The van der Waals surface area contributed by atoms with Crippen molar-refractivity contribution in [3.05, 3.63) is 0 Å². The highest BCUT2D eigenvalue weighted by Crippen LogP contribution is 2.22. The molecule has 0 aromatic heterocycles. The first-order valence-corrected chi connectivity index (χ1v) is 8.05. The molecule has 1 heterocycles. The average molecular weight is 258 g/mol. The zero-order valence-electron chi connectivity index (χ0n) is 12.4. The molecule has 2 nitrogen and oxygen atoms in total. The van der Waals surface area contributed by atoms with Crippen molar-refractivity contribution in [2.75, 3.05) is 24.6 Å². The van der Waals surface area contributed by atoms with E-state index in [4.69, 9.17) is 0 Å². The van der Waals surface area contributed by atoms with Crippen LogP contribution in [0.15, 0.2) is 0 Å². The highest BCUT2D eigenvalue weighted by molar-refractivity contribution is 7.99. The van der Waals surface area contributed by atoms with E-state index in [-0.39, 0.29) is 5.54 Å². The topological polar surface area (TPSA) is 15.3 Å². The van der Waals surface area contributed by atoms with E-state index in [0.29, 0.717) is 6.04 Å². The molecule has 0 bridgehead atoms. The summed E-state index contributed by atoms with van der Waals surface area (Å²) in [5.41, 5.74) is 0.223. The molecule has 102 valence electrons. The number of hydrogen-bond donors (Lipinski definition) is 1. The summed E-state index contributed by atoms with van der Waals surface area (Å²) in [5, 5.41) is 3.67. The second kappa shape index (κ2) is 6.44. The van der Waals surface area contributed by atoms with Gasteiger partial charge in [0.15, 0.2) is 0 Å². The molecule has 1 aliphatic heterocycles. The fourth-order valence-corrected chi connectivity index (χ4v) is 3.42. The van der Waals surface area contributed by atoms with Crippen molar-refractivity contribution in [2.24, 2.45) is 5.92 Å². The summed E-state index contributed by atoms with van der Waals surface area (Å²) in [6.45, 7) is 16.2. The molecule has 0 aliphatic carbocycles. The van der Waals surface area contributed by atoms with Gasteiger partial charge < -0.3 is 5.32 Å². The monoisotopic (exact) mass is 258 g/mol. The lowest BCUT2D eigenvalue weighted by molar-refractivity contribution is 0.116. The molecule has 2 unspecified atom stereocenters. The Balaban J connectivity index is 2.58. The Bertz CT molecular complexity index is 223. The van der Waals surface area contributed by atoms with E-state index in [0.717, 1.165) is 18.5 Å². The first-order chi connectivity index (χ1) is 7.81. The predicted octanol–water partition coefficient (Wildman–Crippen LogP) is 2.84. The minimum atomic E-state index is 0.223. The van der Waals surface area contributed by atoms with Crippen molar-refractivity contribution in [1.29, 1.82) is 0 Å². The maximum atomic E-state index is 3.67. The molecule has 2 atom stereocenters. The molecule has 0 saturated carbocycles. The van der Waals surface area contributed by atoms with Crippen LogP contribution >= 0.6 is 11.8 Å². The summed E-state index contributed by atoms with van der Waals surface area (Å²) < 4.78 is 0. The Morgan fingerprint density at radius 3 is 2.47 bits per heavy atom. The second-order valence-electron chi connectivity index (χ2n) is 6.60.